The van der Waals surface area contributed by atoms with Gasteiger partial charge in [0.05, 0.1) is 25.4 Å². The van der Waals surface area contributed by atoms with Crippen molar-refractivity contribution in [3.63, 3.8) is 0 Å². The van der Waals surface area contributed by atoms with Crippen LogP contribution in [-0.4, -0.2) is 48.8 Å². The van der Waals surface area contributed by atoms with Gasteiger partial charge in [0.15, 0.2) is 0 Å². The van der Waals surface area contributed by atoms with Crippen LogP contribution in [-0.2, 0) is 4.79 Å². The average molecular weight is 369 g/mol. The van der Waals surface area contributed by atoms with Crippen LogP contribution in [0, 0.1) is 5.82 Å². The summed E-state index contributed by atoms with van der Waals surface area (Å²) in [6.45, 7) is 3.06. The van der Waals surface area contributed by atoms with Crippen molar-refractivity contribution in [2.24, 2.45) is 5.10 Å². The van der Waals surface area contributed by atoms with Crippen LogP contribution in [0.3, 0.4) is 0 Å². The van der Waals surface area contributed by atoms with E-state index < -0.39 is 0 Å². The predicted molar refractivity (Wildman–Crippen MR) is 103 cm³/mol. The van der Waals surface area contributed by atoms with E-state index in [4.69, 9.17) is 4.74 Å². The molecule has 0 radical (unpaired) electrons. The summed E-state index contributed by atoms with van der Waals surface area (Å²) in [5.41, 5.74) is 2.65. The Labute approximate surface area is 159 Å². The number of carbonyl (C=O) groups is 1. The molecule has 0 N–H and O–H groups in total. The number of amides is 1. The molecule has 0 saturated heterocycles. The predicted octanol–water partition coefficient (Wildman–Crippen LogP) is 3.46. The minimum atomic E-state index is -0.295. The summed E-state index contributed by atoms with van der Waals surface area (Å²) in [7, 11) is 3.52. The first kappa shape index (κ1) is 19.0. The number of methoxy groups -OCH3 is 1. The maximum absolute atomic E-state index is 13.3. The number of hydrogen-bond donors (Lipinski definition) is 0. The Bertz CT molecular complexity index is 818. The number of hydrogen-bond acceptors (Lipinski definition) is 4. The van der Waals surface area contributed by atoms with Crippen LogP contribution in [0.25, 0.3) is 0 Å². The molecule has 0 bridgehead atoms. The fourth-order valence-electron chi connectivity index (χ4n) is 3.06. The van der Waals surface area contributed by atoms with Crippen molar-refractivity contribution in [3.8, 4) is 5.75 Å². The van der Waals surface area contributed by atoms with Gasteiger partial charge in [-0.3, -0.25) is 9.69 Å². The molecule has 2 aromatic carbocycles. The largest absolute Gasteiger partial charge is 0.497 e. The second-order valence-corrected chi connectivity index (χ2v) is 6.62. The van der Waals surface area contributed by atoms with Crippen molar-refractivity contribution in [1.29, 1.82) is 0 Å². The molecule has 0 saturated carbocycles. The SMILES string of the molecule is CCN(C)CC(=O)N1N=C(c2ccc(OC)cc2)CC1c1ccc(F)cc1. The van der Waals surface area contributed by atoms with Gasteiger partial charge in [0.2, 0.25) is 0 Å². The smallest absolute Gasteiger partial charge is 0.257 e. The maximum atomic E-state index is 13.3. The molecule has 1 heterocycles. The van der Waals surface area contributed by atoms with E-state index >= 15 is 0 Å². The molecule has 6 heteroatoms. The molecule has 3 rings (SSSR count). The van der Waals surface area contributed by atoms with Crippen molar-refractivity contribution in [2.45, 2.75) is 19.4 Å². The highest BCUT2D eigenvalue weighted by Crippen LogP contribution is 2.33. The van der Waals surface area contributed by atoms with E-state index in [-0.39, 0.29) is 24.3 Å². The van der Waals surface area contributed by atoms with Gasteiger partial charge in [0, 0.05) is 6.42 Å². The summed E-state index contributed by atoms with van der Waals surface area (Å²) in [6.07, 6.45) is 0.583. The fourth-order valence-corrected chi connectivity index (χ4v) is 3.06. The zero-order valence-corrected chi connectivity index (χ0v) is 15.9. The second-order valence-electron chi connectivity index (χ2n) is 6.62. The molecule has 1 aliphatic rings. The van der Waals surface area contributed by atoms with Gasteiger partial charge < -0.3 is 4.74 Å². The van der Waals surface area contributed by atoms with E-state index in [2.05, 4.69) is 5.10 Å². The lowest BCUT2D eigenvalue weighted by molar-refractivity contribution is -0.133. The van der Waals surface area contributed by atoms with Crippen LogP contribution in [0.1, 0.15) is 30.5 Å². The molecule has 2 aromatic rings. The Morgan fingerprint density at radius 2 is 1.89 bits per heavy atom. The third-order valence-corrected chi connectivity index (χ3v) is 4.79. The number of nitrogens with zero attached hydrogens (tertiary/aromatic N) is 3. The minimum Gasteiger partial charge on any atom is -0.497 e. The van der Waals surface area contributed by atoms with Crippen molar-refractivity contribution < 1.29 is 13.9 Å². The Balaban J connectivity index is 1.90. The highest BCUT2D eigenvalue weighted by Gasteiger charge is 2.33. The number of ether oxygens (including phenoxy) is 1. The first-order chi connectivity index (χ1) is 13.0. The zero-order valence-electron chi connectivity index (χ0n) is 15.9. The lowest BCUT2D eigenvalue weighted by Crippen LogP contribution is -2.36. The third-order valence-electron chi connectivity index (χ3n) is 4.79. The second kappa shape index (κ2) is 8.31. The van der Waals surface area contributed by atoms with Gasteiger partial charge in [-0.05, 0) is 61.1 Å². The Morgan fingerprint density at radius 3 is 2.48 bits per heavy atom. The maximum Gasteiger partial charge on any atom is 0.257 e. The molecule has 1 unspecified atom stereocenters. The zero-order chi connectivity index (χ0) is 19.4. The van der Waals surface area contributed by atoms with Crippen molar-refractivity contribution in [2.75, 3.05) is 27.2 Å². The van der Waals surface area contributed by atoms with E-state index in [1.165, 1.54) is 12.1 Å². The number of benzene rings is 2. The molecule has 27 heavy (non-hydrogen) atoms. The van der Waals surface area contributed by atoms with E-state index in [0.717, 1.165) is 29.1 Å². The lowest BCUT2D eigenvalue weighted by atomic mass is 9.98. The third kappa shape index (κ3) is 4.34. The summed E-state index contributed by atoms with van der Waals surface area (Å²) in [5.74, 6) is 0.402. The molecule has 0 spiro atoms. The quantitative estimate of drug-likeness (QED) is 0.783. The molecule has 142 valence electrons. The number of rotatable bonds is 6. The van der Waals surface area contributed by atoms with Crippen LogP contribution in [0.15, 0.2) is 53.6 Å². The molecule has 5 nitrogen and oxygen atoms in total. The van der Waals surface area contributed by atoms with Crippen LogP contribution < -0.4 is 4.74 Å². The van der Waals surface area contributed by atoms with Gasteiger partial charge in [-0.25, -0.2) is 9.40 Å². The van der Waals surface area contributed by atoms with E-state index in [1.54, 1.807) is 24.3 Å². The summed E-state index contributed by atoms with van der Waals surface area (Å²) in [5, 5.41) is 6.16. The van der Waals surface area contributed by atoms with Crippen molar-refractivity contribution in [1.82, 2.24) is 9.91 Å². The topological polar surface area (TPSA) is 45.1 Å². The molecule has 1 amide bonds. The highest BCUT2D eigenvalue weighted by molar-refractivity contribution is 6.03. The molecule has 1 aliphatic heterocycles. The van der Waals surface area contributed by atoms with Crippen molar-refractivity contribution in [3.05, 3.63) is 65.5 Å². The Kier molecular flexibility index (Phi) is 5.86. The lowest BCUT2D eigenvalue weighted by Gasteiger charge is -2.24. The van der Waals surface area contributed by atoms with Gasteiger partial charge >= 0.3 is 0 Å². The fraction of sp³-hybridized carbons (Fsp3) is 0.333. The van der Waals surface area contributed by atoms with Crippen molar-refractivity contribution >= 4 is 11.6 Å². The minimum absolute atomic E-state index is 0.0720. The molecular weight excluding hydrogens is 345 g/mol. The first-order valence-corrected chi connectivity index (χ1v) is 8.99. The molecular formula is C21H24FN3O2. The van der Waals surface area contributed by atoms with Crippen LogP contribution in [0.2, 0.25) is 0 Å². The summed E-state index contributed by atoms with van der Waals surface area (Å²) < 4.78 is 18.5. The monoisotopic (exact) mass is 369 g/mol. The summed E-state index contributed by atoms with van der Waals surface area (Å²) >= 11 is 0. The van der Waals surface area contributed by atoms with Crippen LogP contribution in [0.5, 0.6) is 5.75 Å². The van der Waals surface area contributed by atoms with Gasteiger partial charge in [0.1, 0.15) is 11.6 Å². The van der Waals surface area contributed by atoms with E-state index in [9.17, 15) is 9.18 Å². The van der Waals surface area contributed by atoms with E-state index in [0.29, 0.717) is 6.42 Å². The average Bonchev–Trinajstić information content (AvgIpc) is 3.14. The van der Waals surface area contributed by atoms with Gasteiger partial charge in [-0.1, -0.05) is 19.1 Å². The summed E-state index contributed by atoms with van der Waals surface area (Å²) in [4.78, 5) is 14.8. The number of likely N-dealkylation sites (N-methyl/N-ethyl adjacent to an activating group) is 1. The molecule has 0 aliphatic carbocycles. The van der Waals surface area contributed by atoms with E-state index in [1.807, 2.05) is 43.1 Å². The number of carbonyl (C=O) groups excluding carboxylic acids is 1. The molecule has 1 atom stereocenters. The Hall–Kier alpha value is -2.73. The first-order valence-electron chi connectivity index (χ1n) is 8.99. The highest BCUT2D eigenvalue weighted by atomic mass is 19.1. The Morgan fingerprint density at radius 1 is 1.22 bits per heavy atom. The van der Waals surface area contributed by atoms with Gasteiger partial charge in [-0.15, -0.1) is 0 Å². The summed E-state index contributed by atoms with van der Waals surface area (Å²) in [6, 6.07) is 13.7. The normalized spacial score (nSPS) is 16.6. The van der Waals surface area contributed by atoms with Crippen LogP contribution in [0.4, 0.5) is 4.39 Å². The molecule has 0 fully saturated rings. The number of hydrazone groups is 1. The van der Waals surface area contributed by atoms with Crippen LogP contribution >= 0.6 is 0 Å². The number of halogens is 1. The van der Waals surface area contributed by atoms with Gasteiger partial charge in [-0.2, -0.15) is 5.10 Å². The standard InChI is InChI=1S/C21H24FN3O2/c1-4-24(2)14-21(26)25-20(16-5-9-17(22)10-6-16)13-19(23-25)15-7-11-18(27-3)12-8-15/h5-12,20H,4,13-14H2,1-3H3. The molecule has 0 aromatic heterocycles. The van der Waals surface area contributed by atoms with Gasteiger partial charge in [0.25, 0.3) is 5.91 Å².